The largest absolute Gasteiger partial charge is 0.384 e. The lowest BCUT2D eigenvalue weighted by Crippen LogP contribution is -2.36. The molecule has 1 amide bonds. The van der Waals surface area contributed by atoms with Gasteiger partial charge < -0.3 is 10.2 Å². The second-order valence-electron chi connectivity index (χ2n) is 4.86. The molecule has 0 atom stereocenters. The Balaban J connectivity index is 2.92. The molecule has 0 aliphatic rings. The smallest absolute Gasteiger partial charge is 0.255 e. The van der Waals surface area contributed by atoms with Gasteiger partial charge in [0, 0.05) is 25.3 Å². The van der Waals surface area contributed by atoms with Crippen LogP contribution in [0.5, 0.6) is 0 Å². The summed E-state index contributed by atoms with van der Waals surface area (Å²) in [5.41, 5.74) is 1.71. The van der Waals surface area contributed by atoms with Crippen molar-refractivity contribution >= 4 is 11.6 Å². The van der Waals surface area contributed by atoms with E-state index in [0.29, 0.717) is 6.04 Å². The molecule has 1 N–H and O–H groups in total. The SMILES string of the molecule is CCCNc1ccccc1C(=O)N(C)C(CC)CC. The molecule has 0 aliphatic heterocycles. The van der Waals surface area contributed by atoms with Crippen molar-refractivity contribution in [2.75, 3.05) is 18.9 Å². The lowest BCUT2D eigenvalue weighted by atomic mass is 10.1. The van der Waals surface area contributed by atoms with Gasteiger partial charge in [0.1, 0.15) is 0 Å². The van der Waals surface area contributed by atoms with Gasteiger partial charge in [-0.1, -0.05) is 32.9 Å². The lowest BCUT2D eigenvalue weighted by molar-refractivity contribution is 0.0724. The van der Waals surface area contributed by atoms with E-state index in [1.54, 1.807) is 0 Å². The number of benzene rings is 1. The van der Waals surface area contributed by atoms with Gasteiger partial charge in [0.2, 0.25) is 0 Å². The molecule has 0 unspecified atom stereocenters. The summed E-state index contributed by atoms with van der Waals surface area (Å²) in [6.07, 6.45) is 3.03. The van der Waals surface area contributed by atoms with Crippen molar-refractivity contribution < 1.29 is 4.79 Å². The Morgan fingerprint density at radius 2 is 1.84 bits per heavy atom. The highest BCUT2D eigenvalue weighted by Crippen LogP contribution is 2.19. The first-order valence-electron chi connectivity index (χ1n) is 7.25. The Kier molecular flexibility index (Phi) is 6.40. The Morgan fingerprint density at radius 3 is 2.42 bits per heavy atom. The molecule has 19 heavy (non-hydrogen) atoms. The Hall–Kier alpha value is -1.51. The summed E-state index contributed by atoms with van der Waals surface area (Å²) >= 11 is 0. The monoisotopic (exact) mass is 262 g/mol. The van der Waals surface area contributed by atoms with Crippen LogP contribution in [0.2, 0.25) is 0 Å². The first-order chi connectivity index (χ1) is 9.15. The maximum Gasteiger partial charge on any atom is 0.255 e. The van der Waals surface area contributed by atoms with Gasteiger partial charge in [0.05, 0.1) is 5.56 Å². The summed E-state index contributed by atoms with van der Waals surface area (Å²) in [5, 5.41) is 3.33. The zero-order valence-corrected chi connectivity index (χ0v) is 12.6. The molecule has 3 nitrogen and oxygen atoms in total. The molecule has 0 radical (unpaired) electrons. The fourth-order valence-corrected chi connectivity index (χ4v) is 2.28. The third kappa shape index (κ3) is 3.98. The first kappa shape index (κ1) is 15.5. The minimum atomic E-state index is 0.105. The molecule has 1 aromatic carbocycles. The van der Waals surface area contributed by atoms with Crippen molar-refractivity contribution in [2.45, 2.75) is 46.1 Å². The highest BCUT2D eigenvalue weighted by atomic mass is 16.2. The van der Waals surface area contributed by atoms with Crippen LogP contribution >= 0.6 is 0 Å². The second-order valence-corrected chi connectivity index (χ2v) is 4.86. The summed E-state index contributed by atoms with van der Waals surface area (Å²) in [7, 11) is 1.90. The predicted octanol–water partition coefficient (Wildman–Crippen LogP) is 3.77. The van der Waals surface area contributed by atoms with Crippen molar-refractivity contribution in [3.8, 4) is 0 Å². The second kappa shape index (κ2) is 7.82. The van der Waals surface area contributed by atoms with Gasteiger partial charge in [-0.3, -0.25) is 4.79 Å². The van der Waals surface area contributed by atoms with Gasteiger partial charge in [0.25, 0.3) is 5.91 Å². The summed E-state index contributed by atoms with van der Waals surface area (Å²) in [6.45, 7) is 7.26. The molecule has 106 valence electrons. The number of para-hydroxylation sites is 1. The van der Waals surface area contributed by atoms with Crippen LogP contribution in [-0.2, 0) is 0 Å². The average Bonchev–Trinajstić information content (AvgIpc) is 2.45. The van der Waals surface area contributed by atoms with Crippen LogP contribution in [-0.4, -0.2) is 30.4 Å². The number of carbonyl (C=O) groups is 1. The number of rotatable bonds is 7. The van der Waals surface area contributed by atoms with E-state index in [0.717, 1.165) is 37.1 Å². The highest BCUT2D eigenvalue weighted by molar-refractivity contribution is 5.99. The number of nitrogens with zero attached hydrogens (tertiary/aromatic N) is 1. The van der Waals surface area contributed by atoms with Gasteiger partial charge in [-0.2, -0.15) is 0 Å². The van der Waals surface area contributed by atoms with Gasteiger partial charge in [-0.15, -0.1) is 0 Å². The summed E-state index contributed by atoms with van der Waals surface area (Å²) < 4.78 is 0. The summed E-state index contributed by atoms with van der Waals surface area (Å²) in [4.78, 5) is 14.4. The molecule has 0 saturated carbocycles. The number of anilines is 1. The van der Waals surface area contributed by atoms with E-state index in [4.69, 9.17) is 0 Å². The van der Waals surface area contributed by atoms with Crippen LogP contribution < -0.4 is 5.32 Å². The Bertz CT molecular complexity index is 399. The topological polar surface area (TPSA) is 32.3 Å². The molecule has 0 aliphatic carbocycles. The summed E-state index contributed by atoms with van der Waals surface area (Å²) in [6, 6.07) is 8.08. The highest BCUT2D eigenvalue weighted by Gasteiger charge is 2.20. The van der Waals surface area contributed by atoms with Crippen molar-refractivity contribution in [3.63, 3.8) is 0 Å². The van der Waals surface area contributed by atoms with E-state index in [1.165, 1.54) is 0 Å². The molecule has 0 bridgehead atoms. The molecule has 3 heteroatoms. The van der Waals surface area contributed by atoms with E-state index in [2.05, 4.69) is 26.1 Å². The molecule has 0 heterocycles. The molecular weight excluding hydrogens is 236 g/mol. The van der Waals surface area contributed by atoms with E-state index in [1.807, 2.05) is 36.2 Å². The molecule has 1 rings (SSSR count). The minimum absolute atomic E-state index is 0.105. The zero-order valence-electron chi connectivity index (χ0n) is 12.6. The van der Waals surface area contributed by atoms with Crippen LogP contribution in [0.1, 0.15) is 50.4 Å². The van der Waals surface area contributed by atoms with Crippen LogP contribution in [0.3, 0.4) is 0 Å². The standard InChI is InChI=1S/C16H26N2O/c1-5-12-17-15-11-9-8-10-14(15)16(19)18(4)13(6-2)7-3/h8-11,13,17H,5-7,12H2,1-4H3. The van der Waals surface area contributed by atoms with E-state index in [-0.39, 0.29) is 5.91 Å². The molecule has 0 saturated heterocycles. The lowest BCUT2D eigenvalue weighted by Gasteiger charge is -2.27. The first-order valence-corrected chi connectivity index (χ1v) is 7.25. The molecule has 0 fully saturated rings. The van der Waals surface area contributed by atoms with Crippen LogP contribution in [0.4, 0.5) is 5.69 Å². The average molecular weight is 262 g/mol. The maximum atomic E-state index is 12.6. The van der Waals surface area contributed by atoms with Gasteiger partial charge in [-0.25, -0.2) is 0 Å². The molecule has 1 aromatic rings. The van der Waals surface area contributed by atoms with Crippen LogP contribution in [0.15, 0.2) is 24.3 Å². The number of carbonyl (C=O) groups excluding carboxylic acids is 1. The van der Waals surface area contributed by atoms with Crippen molar-refractivity contribution in [1.82, 2.24) is 4.90 Å². The quantitative estimate of drug-likeness (QED) is 0.811. The van der Waals surface area contributed by atoms with E-state index < -0.39 is 0 Å². The normalized spacial score (nSPS) is 10.6. The Labute approximate surface area is 117 Å². The zero-order chi connectivity index (χ0) is 14.3. The van der Waals surface area contributed by atoms with E-state index in [9.17, 15) is 4.79 Å². The number of amides is 1. The molecular formula is C16H26N2O. The number of hydrogen-bond donors (Lipinski definition) is 1. The van der Waals surface area contributed by atoms with Crippen molar-refractivity contribution in [1.29, 1.82) is 0 Å². The Morgan fingerprint density at radius 1 is 1.21 bits per heavy atom. The van der Waals surface area contributed by atoms with Gasteiger partial charge in [-0.05, 0) is 31.4 Å². The van der Waals surface area contributed by atoms with Gasteiger partial charge >= 0.3 is 0 Å². The predicted molar refractivity (Wildman–Crippen MR) is 81.7 cm³/mol. The third-order valence-corrected chi connectivity index (χ3v) is 3.53. The number of hydrogen-bond acceptors (Lipinski definition) is 2. The number of nitrogens with one attached hydrogen (secondary N) is 1. The van der Waals surface area contributed by atoms with Crippen LogP contribution in [0.25, 0.3) is 0 Å². The van der Waals surface area contributed by atoms with Crippen molar-refractivity contribution in [3.05, 3.63) is 29.8 Å². The summed E-state index contributed by atoms with van der Waals surface area (Å²) in [5.74, 6) is 0.105. The maximum absolute atomic E-state index is 12.6. The fraction of sp³-hybridized carbons (Fsp3) is 0.562. The molecule has 0 aromatic heterocycles. The van der Waals surface area contributed by atoms with Crippen LogP contribution in [0, 0.1) is 0 Å². The third-order valence-electron chi connectivity index (χ3n) is 3.53. The van der Waals surface area contributed by atoms with Crippen molar-refractivity contribution in [2.24, 2.45) is 0 Å². The molecule has 0 spiro atoms. The minimum Gasteiger partial charge on any atom is -0.384 e. The fourth-order valence-electron chi connectivity index (χ4n) is 2.28. The van der Waals surface area contributed by atoms with E-state index >= 15 is 0 Å². The van der Waals surface area contributed by atoms with Gasteiger partial charge in [0.15, 0.2) is 0 Å².